The van der Waals surface area contributed by atoms with Crippen LogP contribution in [0.2, 0.25) is 0 Å². The molecule has 1 heterocycles. The Morgan fingerprint density at radius 1 is 1.02 bits per heavy atom. The summed E-state index contributed by atoms with van der Waals surface area (Å²) in [6.45, 7) is 9.33. The lowest BCUT2D eigenvalue weighted by Crippen LogP contribution is -2.47. The number of aryl methyl sites for hydroxylation is 1. The molecule has 0 spiro atoms. The summed E-state index contributed by atoms with van der Waals surface area (Å²) < 4.78 is 7.48. The summed E-state index contributed by atoms with van der Waals surface area (Å²) >= 11 is 0. The lowest BCUT2D eigenvalue weighted by Gasteiger charge is -2.25. The van der Waals surface area contributed by atoms with Crippen LogP contribution in [0.3, 0.4) is 0 Å². The van der Waals surface area contributed by atoms with E-state index in [0.29, 0.717) is 23.3 Å². The monoisotopic (exact) mass is 556 g/mol. The van der Waals surface area contributed by atoms with Crippen molar-refractivity contribution in [3.05, 3.63) is 83.7 Å². The number of benzene rings is 3. The second-order valence-electron chi connectivity index (χ2n) is 10.9. The van der Waals surface area contributed by atoms with E-state index >= 15 is 0 Å². The van der Waals surface area contributed by atoms with Gasteiger partial charge in [-0.2, -0.15) is 0 Å². The van der Waals surface area contributed by atoms with Gasteiger partial charge < -0.3 is 14.4 Å². The van der Waals surface area contributed by atoms with Crippen molar-refractivity contribution < 1.29 is 24.2 Å². The number of carbonyl (C=O) groups excluding carboxylic acids is 2. The number of carboxylic acids is 1. The third-order valence-corrected chi connectivity index (χ3v) is 6.50. The Morgan fingerprint density at radius 3 is 2.37 bits per heavy atom. The highest BCUT2D eigenvalue weighted by atomic mass is 16.6. The molecule has 41 heavy (non-hydrogen) atoms. The minimum Gasteiger partial charge on any atom is -0.478 e. The van der Waals surface area contributed by atoms with Gasteiger partial charge in [-0.05, 0) is 68.1 Å². The number of fused-ring (bicyclic) bond motifs is 1. The van der Waals surface area contributed by atoms with Crippen molar-refractivity contribution in [1.82, 2.24) is 15.0 Å². The Morgan fingerprint density at radius 2 is 1.73 bits per heavy atom. The number of unbranched alkanes of at least 4 members (excludes halogenated alkanes) is 1. The molecular weight excluding hydrogens is 520 g/mol. The van der Waals surface area contributed by atoms with E-state index in [1.807, 2.05) is 42.5 Å². The molecule has 3 aromatic carbocycles. The van der Waals surface area contributed by atoms with E-state index in [4.69, 9.17) is 9.72 Å². The van der Waals surface area contributed by atoms with Crippen molar-refractivity contribution in [2.24, 2.45) is 0 Å². The zero-order chi connectivity index (χ0) is 29.7. The van der Waals surface area contributed by atoms with Gasteiger partial charge in [0.25, 0.3) is 0 Å². The Hall–Kier alpha value is -4.66. The van der Waals surface area contributed by atoms with Crippen LogP contribution in [0, 0.1) is 0 Å². The van der Waals surface area contributed by atoms with Crippen LogP contribution in [0.1, 0.15) is 69.2 Å². The SMILES string of the molecule is CCCCc1nc2cc(N(NC(=O)OC(C)(C)C)C(C)=O)ccc2n1Cc1ccc(-c2ccccc2C(=O)O)cc1. The molecule has 0 aliphatic heterocycles. The van der Waals surface area contributed by atoms with Crippen LogP contribution in [-0.2, 0) is 22.5 Å². The largest absolute Gasteiger partial charge is 0.478 e. The Kier molecular flexibility index (Phi) is 8.76. The van der Waals surface area contributed by atoms with Crippen molar-refractivity contribution in [3.8, 4) is 11.1 Å². The third-order valence-electron chi connectivity index (χ3n) is 6.50. The maximum atomic E-state index is 12.4. The number of nitrogens with zero attached hydrogens (tertiary/aromatic N) is 3. The van der Waals surface area contributed by atoms with Gasteiger partial charge in [0, 0.05) is 19.9 Å². The highest BCUT2D eigenvalue weighted by molar-refractivity contribution is 5.96. The summed E-state index contributed by atoms with van der Waals surface area (Å²) in [4.78, 5) is 41.4. The fraction of sp³-hybridized carbons (Fsp3) is 0.312. The molecule has 9 heteroatoms. The van der Waals surface area contributed by atoms with Crippen molar-refractivity contribution in [3.63, 3.8) is 0 Å². The van der Waals surface area contributed by atoms with Crippen molar-refractivity contribution in [2.75, 3.05) is 5.01 Å². The number of ether oxygens (including phenoxy) is 1. The van der Waals surface area contributed by atoms with Gasteiger partial charge in [-0.3, -0.25) is 4.79 Å². The first-order valence-corrected chi connectivity index (χ1v) is 13.7. The van der Waals surface area contributed by atoms with Crippen molar-refractivity contribution >= 4 is 34.7 Å². The molecule has 0 aliphatic carbocycles. The number of rotatable bonds is 8. The topological polar surface area (TPSA) is 114 Å². The second-order valence-corrected chi connectivity index (χ2v) is 10.9. The normalized spacial score (nSPS) is 11.3. The molecule has 0 bridgehead atoms. The number of aromatic nitrogens is 2. The average molecular weight is 557 g/mol. The lowest BCUT2D eigenvalue weighted by molar-refractivity contribution is -0.117. The molecule has 0 saturated carbocycles. The maximum absolute atomic E-state index is 12.4. The fourth-order valence-electron chi connectivity index (χ4n) is 4.62. The van der Waals surface area contributed by atoms with Crippen LogP contribution in [0.4, 0.5) is 10.5 Å². The van der Waals surface area contributed by atoms with Crippen LogP contribution in [0.25, 0.3) is 22.2 Å². The van der Waals surface area contributed by atoms with Gasteiger partial charge in [-0.1, -0.05) is 55.8 Å². The van der Waals surface area contributed by atoms with Crippen LogP contribution < -0.4 is 10.4 Å². The van der Waals surface area contributed by atoms with Gasteiger partial charge in [0.2, 0.25) is 5.91 Å². The molecule has 1 aromatic heterocycles. The highest BCUT2D eigenvalue weighted by Crippen LogP contribution is 2.27. The summed E-state index contributed by atoms with van der Waals surface area (Å²) in [5.74, 6) is -0.404. The first-order valence-electron chi connectivity index (χ1n) is 13.7. The molecule has 2 N–H and O–H groups in total. The van der Waals surface area contributed by atoms with Gasteiger partial charge in [-0.25, -0.2) is 25.0 Å². The number of nitrogens with one attached hydrogen (secondary N) is 1. The van der Waals surface area contributed by atoms with Crippen LogP contribution in [-0.4, -0.2) is 38.2 Å². The van der Waals surface area contributed by atoms with E-state index in [9.17, 15) is 19.5 Å². The van der Waals surface area contributed by atoms with E-state index in [1.54, 1.807) is 45.0 Å². The Balaban J connectivity index is 1.65. The standard InChI is InChI=1S/C32H36N4O5/c1-6-7-12-29-33-27-19-24(36(21(2)37)34-31(40)41-32(3,4)5)17-18-28(27)35(29)20-22-13-15-23(16-14-22)25-10-8-9-11-26(25)30(38)39/h8-11,13-19H,6-7,12,20H2,1-5H3,(H,34,40)(H,38,39). The molecule has 0 atom stereocenters. The minimum atomic E-state index is -0.959. The molecule has 214 valence electrons. The zero-order valence-corrected chi connectivity index (χ0v) is 24.1. The number of hydrogen-bond acceptors (Lipinski definition) is 5. The first kappa shape index (κ1) is 29.3. The van der Waals surface area contributed by atoms with Crippen LogP contribution >= 0.6 is 0 Å². The molecule has 9 nitrogen and oxygen atoms in total. The molecule has 4 aromatic rings. The number of anilines is 1. The molecule has 2 amide bonds. The van der Waals surface area contributed by atoms with E-state index in [-0.39, 0.29) is 11.5 Å². The number of carbonyl (C=O) groups is 3. The van der Waals surface area contributed by atoms with Gasteiger partial charge in [0.05, 0.1) is 22.3 Å². The quantitative estimate of drug-likeness (QED) is 0.237. The summed E-state index contributed by atoms with van der Waals surface area (Å²) in [6.07, 6.45) is 2.05. The highest BCUT2D eigenvalue weighted by Gasteiger charge is 2.22. The van der Waals surface area contributed by atoms with Gasteiger partial charge in [0.1, 0.15) is 11.4 Å². The third kappa shape index (κ3) is 7.11. The predicted octanol–water partition coefficient (Wildman–Crippen LogP) is 6.59. The zero-order valence-electron chi connectivity index (χ0n) is 24.1. The van der Waals surface area contributed by atoms with E-state index in [0.717, 1.165) is 46.7 Å². The Labute approximate surface area is 239 Å². The molecule has 0 fully saturated rings. The van der Waals surface area contributed by atoms with Gasteiger partial charge in [-0.15, -0.1) is 0 Å². The summed E-state index contributed by atoms with van der Waals surface area (Å²) in [6, 6.07) is 20.3. The molecular formula is C32H36N4O5. The smallest absolute Gasteiger partial charge is 0.427 e. The van der Waals surface area contributed by atoms with Gasteiger partial charge in [0.15, 0.2) is 0 Å². The molecule has 0 unspecified atom stereocenters. The van der Waals surface area contributed by atoms with E-state index in [2.05, 4.69) is 16.9 Å². The average Bonchev–Trinajstić information content (AvgIpc) is 3.26. The number of aromatic carboxylic acids is 1. The van der Waals surface area contributed by atoms with Crippen LogP contribution in [0.5, 0.6) is 0 Å². The maximum Gasteiger partial charge on any atom is 0.427 e. The summed E-state index contributed by atoms with van der Waals surface area (Å²) in [5, 5.41) is 10.7. The fourth-order valence-corrected chi connectivity index (χ4v) is 4.62. The molecule has 4 rings (SSSR count). The van der Waals surface area contributed by atoms with Gasteiger partial charge >= 0.3 is 12.1 Å². The van der Waals surface area contributed by atoms with Crippen LogP contribution in [0.15, 0.2) is 66.7 Å². The predicted molar refractivity (Wildman–Crippen MR) is 159 cm³/mol. The number of amides is 2. The van der Waals surface area contributed by atoms with Crippen molar-refractivity contribution in [1.29, 1.82) is 0 Å². The molecule has 0 aliphatic rings. The summed E-state index contributed by atoms with van der Waals surface area (Å²) in [5.41, 5.74) is 6.72. The molecule has 0 saturated heterocycles. The number of imidazole rings is 1. The lowest BCUT2D eigenvalue weighted by atomic mass is 9.99. The molecule has 0 radical (unpaired) electrons. The van der Waals surface area contributed by atoms with E-state index < -0.39 is 17.7 Å². The number of hydrazine groups is 1. The number of hydrogen-bond donors (Lipinski definition) is 2. The number of carboxylic acid groups (broad SMARTS) is 1. The Bertz CT molecular complexity index is 1570. The van der Waals surface area contributed by atoms with Crippen molar-refractivity contribution in [2.45, 2.75) is 66.0 Å². The van der Waals surface area contributed by atoms with E-state index in [1.165, 1.54) is 6.92 Å². The second kappa shape index (κ2) is 12.2. The summed E-state index contributed by atoms with van der Waals surface area (Å²) in [7, 11) is 0. The first-order chi connectivity index (χ1) is 19.5. The minimum absolute atomic E-state index is 0.263.